The molecule has 0 atom stereocenters. The van der Waals surface area contributed by atoms with Crippen molar-refractivity contribution in [3.8, 4) is 17.1 Å². The van der Waals surface area contributed by atoms with Gasteiger partial charge in [0.2, 0.25) is 0 Å². The Morgan fingerprint density at radius 2 is 2.00 bits per heavy atom. The molecule has 0 radical (unpaired) electrons. The zero-order chi connectivity index (χ0) is 20.1. The van der Waals surface area contributed by atoms with E-state index in [4.69, 9.17) is 9.15 Å². The van der Waals surface area contributed by atoms with E-state index in [1.54, 1.807) is 25.4 Å². The normalized spacial score (nSPS) is 10.7. The maximum absolute atomic E-state index is 12.5. The number of nitrogens with one attached hydrogen (secondary N) is 2. The van der Waals surface area contributed by atoms with Crippen LogP contribution in [-0.4, -0.2) is 28.2 Å². The predicted molar refractivity (Wildman–Crippen MR) is 109 cm³/mol. The number of hydrogen-bond acceptors (Lipinski definition) is 5. The quantitative estimate of drug-likeness (QED) is 0.497. The van der Waals surface area contributed by atoms with Crippen molar-refractivity contribution in [1.29, 1.82) is 0 Å². The summed E-state index contributed by atoms with van der Waals surface area (Å²) in [5.74, 6) is 1.77. The van der Waals surface area contributed by atoms with E-state index in [1.165, 1.54) is 12.0 Å². The first-order valence-electron chi connectivity index (χ1n) is 9.19. The summed E-state index contributed by atoms with van der Waals surface area (Å²) in [5, 5.41) is 9.97. The van der Waals surface area contributed by atoms with Crippen LogP contribution < -0.4 is 10.1 Å². The van der Waals surface area contributed by atoms with Crippen molar-refractivity contribution in [3.05, 3.63) is 84.0 Å². The van der Waals surface area contributed by atoms with Crippen molar-refractivity contribution < 1.29 is 13.9 Å². The largest absolute Gasteiger partial charge is 0.497 e. The number of methoxy groups -OCH3 is 1. The van der Waals surface area contributed by atoms with E-state index in [0.29, 0.717) is 17.1 Å². The number of carbonyl (C=O) groups excluding carboxylic acids is 1. The fourth-order valence-corrected chi connectivity index (χ4v) is 2.99. The molecule has 0 spiro atoms. The third-order valence-electron chi connectivity index (χ3n) is 4.55. The minimum Gasteiger partial charge on any atom is -0.497 e. The number of aromatic nitrogens is 3. The van der Waals surface area contributed by atoms with Crippen molar-refractivity contribution in [1.82, 2.24) is 15.2 Å². The zero-order valence-corrected chi connectivity index (χ0v) is 15.9. The number of hydrogen-bond donors (Lipinski definition) is 2. The Morgan fingerprint density at radius 1 is 1.14 bits per heavy atom. The first-order valence-corrected chi connectivity index (χ1v) is 9.19. The zero-order valence-electron chi connectivity index (χ0n) is 15.9. The SMILES string of the molecule is COc1cccc(CCc2cc(NC(=O)c3ccc(-c4cnco4)cc3)n[nH]2)c1. The molecule has 0 saturated carbocycles. The lowest BCUT2D eigenvalue weighted by Gasteiger charge is -2.03. The lowest BCUT2D eigenvalue weighted by Crippen LogP contribution is -2.11. The smallest absolute Gasteiger partial charge is 0.256 e. The van der Waals surface area contributed by atoms with Crippen molar-refractivity contribution in [3.63, 3.8) is 0 Å². The summed E-state index contributed by atoms with van der Waals surface area (Å²) in [5.41, 5.74) is 3.52. The van der Waals surface area contributed by atoms with Crippen LogP contribution in [0.25, 0.3) is 11.3 Å². The van der Waals surface area contributed by atoms with Crippen molar-refractivity contribution >= 4 is 11.7 Å². The van der Waals surface area contributed by atoms with Gasteiger partial charge in [0.15, 0.2) is 18.0 Å². The number of oxazole rings is 1. The molecule has 1 amide bonds. The maximum Gasteiger partial charge on any atom is 0.256 e. The van der Waals surface area contributed by atoms with E-state index in [1.807, 2.05) is 36.4 Å². The molecule has 2 aromatic heterocycles. The maximum atomic E-state index is 12.5. The molecule has 29 heavy (non-hydrogen) atoms. The average molecular weight is 388 g/mol. The van der Waals surface area contributed by atoms with Crippen molar-refractivity contribution in [2.45, 2.75) is 12.8 Å². The van der Waals surface area contributed by atoms with Crippen LogP contribution >= 0.6 is 0 Å². The molecule has 146 valence electrons. The van der Waals surface area contributed by atoms with E-state index in [-0.39, 0.29) is 5.91 Å². The van der Waals surface area contributed by atoms with Gasteiger partial charge in [-0.05, 0) is 42.7 Å². The molecular weight excluding hydrogens is 368 g/mol. The van der Waals surface area contributed by atoms with Gasteiger partial charge in [0, 0.05) is 22.9 Å². The van der Waals surface area contributed by atoms with E-state index < -0.39 is 0 Å². The number of aryl methyl sites for hydroxylation is 2. The number of H-pyrrole nitrogens is 1. The Labute approximate surface area is 167 Å². The minimum atomic E-state index is -0.222. The Bertz CT molecular complexity index is 1090. The summed E-state index contributed by atoms with van der Waals surface area (Å²) in [6.07, 6.45) is 4.63. The Kier molecular flexibility index (Phi) is 5.38. The van der Waals surface area contributed by atoms with Crippen LogP contribution in [0.4, 0.5) is 5.82 Å². The summed E-state index contributed by atoms with van der Waals surface area (Å²) >= 11 is 0. The molecule has 4 rings (SSSR count). The van der Waals surface area contributed by atoms with Crippen LogP contribution in [0, 0.1) is 0 Å². The number of carbonyl (C=O) groups is 1. The van der Waals surface area contributed by atoms with Gasteiger partial charge in [0.05, 0.1) is 13.3 Å². The number of anilines is 1. The summed E-state index contributed by atoms with van der Waals surface area (Å²) < 4.78 is 10.5. The average Bonchev–Trinajstić information content (AvgIpc) is 3.45. The molecule has 0 aliphatic rings. The van der Waals surface area contributed by atoms with Crippen molar-refractivity contribution in [2.24, 2.45) is 0 Å². The third-order valence-corrected chi connectivity index (χ3v) is 4.55. The van der Waals surface area contributed by atoms with Gasteiger partial charge in [-0.3, -0.25) is 9.89 Å². The van der Waals surface area contributed by atoms with Crippen LogP contribution in [-0.2, 0) is 12.8 Å². The second kappa shape index (κ2) is 8.43. The molecule has 0 aliphatic heterocycles. The van der Waals surface area contributed by atoms with Crippen LogP contribution in [0.3, 0.4) is 0 Å². The molecule has 7 nitrogen and oxygen atoms in total. The second-order valence-corrected chi connectivity index (χ2v) is 6.53. The summed E-state index contributed by atoms with van der Waals surface area (Å²) in [6.45, 7) is 0. The van der Waals surface area contributed by atoms with Gasteiger partial charge in [-0.15, -0.1) is 0 Å². The molecule has 0 fully saturated rings. The van der Waals surface area contributed by atoms with E-state index in [9.17, 15) is 4.79 Å². The fraction of sp³-hybridized carbons (Fsp3) is 0.136. The number of ether oxygens (including phenoxy) is 1. The third kappa shape index (κ3) is 4.52. The Balaban J connectivity index is 1.35. The highest BCUT2D eigenvalue weighted by atomic mass is 16.5. The van der Waals surface area contributed by atoms with E-state index in [0.717, 1.165) is 29.8 Å². The lowest BCUT2D eigenvalue weighted by atomic mass is 10.1. The van der Waals surface area contributed by atoms with Crippen LogP contribution in [0.1, 0.15) is 21.6 Å². The molecule has 4 aromatic rings. The number of nitrogens with zero attached hydrogens (tertiary/aromatic N) is 2. The van der Waals surface area contributed by atoms with Gasteiger partial charge in [-0.1, -0.05) is 24.3 Å². The van der Waals surface area contributed by atoms with Crippen LogP contribution in [0.15, 0.2) is 71.6 Å². The van der Waals surface area contributed by atoms with E-state index in [2.05, 4.69) is 26.6 Å². The van der Waals surface area contributed by atoms with Crippen LogP contribution in [0.2, 0.25) is 0 Å². The van der Waals surface area contributed by atoms with Crippen LogP contribution in [0.5, 0.6) is 5.75 Å². The van der Waals surface area contributed by atoms with Gasteiger partial charge in [-0.25, -0.2) is 4.98 Å². The van der Waals surface area contributed by atoms with E-state index >= 15 is 0 Å². The summed E-state index contributed by atoms with van der Waals surface area (Å²) in [4.78, 5) is 16.3. The minimum absolute atomic E-state index is 0.222. The first kappa shape index (κ1) is 18.5. The number of aromatic amines is 1. The molecule has 2 heterocycles. The summed E-state index contributed by atoms with van der Waals surface area (Å²) in [7, 11) is 1.66. The van der Waals surface area contributed by atoms with Gasteiger partial charge < -0.3 is 14.5 Å². The molecule has 7 heteroatoms. The molecular formula is C22H20N4O3. The highest BCUT2D eigenvalue weighted by Gasteiger charge is 2.10. The first-order chi connectivity index (χ1) is 14.2. The molecule has 0 bridgehead atoms. The highest BCUT2D eigenvalue weighted by Crippen LogP contribution is 2.20. The summed E-state index contributed by atoms with van der Waals surface area (Å²) in [6, 6.07) is 16.9. The molecule has 2 N–H and O–H groups in total. The Morgan fingerprint density at radius 3 is 2.76 bits per heavy atom. The van der Waals surface area contributed by atoms with Gasteiger partial charge >= 0.3 is 0 Å². The number of amides is 1. The van der Waals surface area contributed by atoms with Crippen molar-refractivity contribution in [2.75, 3.05) is 12.4 Å². The Hall–Kier alpha value is -3.87. The van der Waals surface area contributed by atoms with Gasteiger partial charge in [0.1, 0.15) is 5.75 Å². The van der Waals surface area contributed by atoms with Gasteiger partial charge in [-0.2, -0.15) is 5.10 Å². The topological polar surface area (TPSA) is 93.0 Å². The fourth-order valence-electron chi connectivity index (χ4n) is 2.99. The van der Waals surface area contributed by atoms with Gasteiger partial charge in [0.25, 0.3) is 5.91 Å². The molecule has 0 unspecified atom stereocenters. The standard InChI is InChI=1S/C22H20N4O3/c1-28-19-4-2-3-15(11-19)5-10-18-12-21(26-25-18)24-22(27)17-8-6-16(7-9-17)20-13-23-14-29-20/h2-4,6-9,11-14H,5,10H2,1H3,(H2,24,25,26,27). The lowest BCUT2D eigenvalue weighted by molar-refractivity contribution is 0.102. The molecule has 0 saturated heterocycles. The predicted octanol–water partition coefficient (Wildman–Crippen LogP) is 4.11. The highest BCUT2D eigenvalue weighted by molar-refractivity contribution is 6.04. The second-order valence-electron chi connectivity index (χ2n) is 6.53. The molecule has 2 aromatic carbocycles. The molecule has 0 aliphatic carbocycles. The number of benzene rings is 2. The number of rotatable bonds is 7. The monoisotopic (exact) mass is 388 g/mol.